The van der Waals surface area contributed by atoms with Gasteiger partial charge in [0, 0.05) is 24.5 Å². The number of hydrogen-bond donors (Lipinski definition) is 1. The molecule has 1 unspecified atom stereocenters. The maximum atomic E-state index is 11.8. The van der Waals surface area contributed by atoms with Gasteiger partial charge >= 0.3 is 11.8 Å². The van der Waals surface area contributed by atoms with Gasteiger partial charge in [-0.05, 0) is 40.0 Å². The van der Waals surface area contributed by atoms with Crippen molar-refractivity contribution in [3.63, 3.8) is 0 Å². The summed E-state index contributed by atoms with van der Waals surface area (Å²) in [6.45, 7) is 5.99. The predicted octanol–water partition coefficient (Wildman–Crippen LogP) is 2.27. The number of aryl methyl sites for hydroxylation is 1. The van der Waals surface area contributed by atoms with E-state index in [4.69, 9.17) is 4.52 Å². The molecule has 0 saturated carbocycles. The number of fused-ring (bicyclic) bond motifs is 1. The van der Waals surface area contributed by atoms with Crippen LogP contribution < -0.4 is 5.76 Å². The number of rotatable bonds is 3. The van der Waals surface area contributed by atoms with Gasteiger partial charge in [0.05, 0.1) is 0 Å². The first-order valence-electron chi connectivity index (χ1n) is 7.38. The fourth-order valence-corrected chi connectivity index (χ4v) is 2.87. The van der Waals surface area contributed by atoms with Gasteiger partial charge in [-0.3, -0.25) is 9.09 Å². The maximum absolute atomic E-state index is 11.8. The molecule has 7 heteroatoms. The van der Waals surface area contributed by atoms with Crippen LogP contribution in [-0.4, -0.2) is 37.9 Å². The average Bonchev–Trinajstić information content (AvgIpc) is 2.60. The number of hydrogen-bond acceptors (Lipinski definition) is 4. The van der Waals surface area contributed by atoms with E-state index in [1.165, 1.54) is 4.90 Å². The van der Waals surface area contributed by atoms with Crippen LogP contribution in [0.3, 0.4) is 0 Å². The standard InChI is InChI=1S/C14H23N3O4/c1-14(2,3)16(12(18)19)9-8-10-6-4-5-7-11-15-21-13(20)17(10)11/h10H,4-9H2,1-3H3,(H,18,19). The van der Waals surface area contributed by atoms with Crippen molar-refractivity contribution < 1.29 is 14.4 Å². The van der Waals surface area contributed by atoms with Crippen LogP contribution in [0, 0.1) is 0 Å². The van der Waals surface area contributed by atoms with Crippen molar-refractivity contribution in [1.82, 2.24) is 14.6 Å². The van der Waals surface area contributed by atoms with Crippen molar-refractivity contribution in [3.05, 3.63) is 16.4 Å². The molecule has 0 bridgehead atoms. The molecule has 0 fully saturated rings. The van der Waals surface area contributed by atoms with E-state index in [2.05, 4.69) is 5.16 Å². The first-order chi connectivity index (χ1) is 9.80. The molecule has 0 spiro atoms. The highest BCUT2D eigenvalue weighted by Crippen LogP contribution is 2.25. The highest BCUT2D eigenvalue weighted by atomic mass is 16.5. The first-order valence-corrected chi connectivity index (χ1v) is 7.38. The molecule has 0 aliphatic carbocycles. The van der Waals surface area contributed by atoms with E-state index in [0.29, 0.717) is 18.8 Å². The fraction of sp³-hybridized carbons (Fsp3) is 0.786. The van der Waals surface area contributed by atoms with E-state index in [0.717, 1.165) is 25.7 Å². The molecule has 1 N–H and O–H groups in total. The molecule has 1 aromatic heterocycles. The lowest BCUT2D eigenvalue weighted by Crippen LogP contribution is -2.46. The fourth-order valence-electron chi connectivity index (χ4n) is 2.87. The summed E-state index contributed by atoms with van der Waals surface area (Å²) in [5, 5.41) is 13.2. The monoisotopic (exact) mass is 297 g/mol. The Labute approximate surface area is 123 Å². The van der Waals surface area contributed by atoms with E-state index in [1.54, 1.807) is 4.57 Å². The van der Waals surface area contributed by atoms with Crippen molar-refractivity contribution in [1.29, 1.82) is 0 Å². The molecule has 2 rings (SSSR count). The van der Waals surface area contributed by atoms with Crippen LogP contribution in [0.4, 0.5) is 4.79 Å². The van der Waals surface area contributed by atoms with Crippen molar-refractivity contribution in [3.8, 4) is 0 Å². The zero-order chi connectivity index (χ0) is 15.6. The molecule has 1 atom stereocenters. The summed E-state index contributed by atoms with van der Waals surface area (Å²) in [5.74, 6) is 0.245. The Morgan fingerprint density at radius 3 is 2.81 bits per heavy atom. The zero-order valence-corrected chi connectivity index (χ0v) is 12.8. The number of carbonyl (C=O) groups is 1. The smallest absolute Gasteiger partial charge is 0.441 e. The quantitative estimate of drug-likeness (QED) is 0.924. The summed E-state index contributed by atoms with van der Waals surface area (Å²) >= 11 is 0. The molecule has 0 saturated heterocycles. The van der Waals surface area contributed by atoms with Crippen molar-refractivity contribution in [2.45, 2.75) is 64.5 Å². The van der Waals surface area contributed by atoms with Gasteiger partial charge in [0.2, 0.25) is 0 Å². The molecule has 1 aromatic rings. The third-order valence-corrected chi connectivity index (χ3v) is 3.98. The molecule has 2 heterocycles. The number of aromatic nitrogens is 2. The lowest BCUT2D eigenvalue weighted by Gasteiger charge is -2.34. The number of amides is 1. The van der Waals surface area contributed by atoms with Crippen LogP contribution in [0.15, 0.2) is 9.32 Å². The number of nitrogens with zero attached hydrogens (tertiary/aromatic N) is 3. The Bertz CT molecular complexity index is 555. The third kappa shape index (κ3) is 3.46. The third-order valence-electron chi connectivity index (χ3n) is 3.98. The van der Waals surface area contributed by atoms with Crippen LogP contribution in [0.5, 0.6) is 0 Å². The Balaban J connectivity index is 2.14. The van der Waals surface area contributed by atoms with Gasteiger partial charge in [0.25, 0.3) is 0 Å². The van der Waals surface area contributed by atoms with Gasteiger partial charge in [-0.15, -0.1) is 0 Å². The van der Waals surface area contributed by atoms with Crippen molar-refractivity contribution >= 4 is 6.09 Å². The minimum atomic E-state index is -0.936. The Morgan fingerprint density at radius 1 is 1.48 bits per heavy atom. The summed E-state index contributed by atoms with van der Waals surface area (Å²) < 4.78 is 6.36. The highest BCUT2D eigenvalue weighted by molar-refractivity contribution is 5.65. The molecule has 7 nitrogen and oxygen atoms in total. The molecule has 0 aromatic carbocycles. The minimum absolute atomic E-state index is 0.0366. The van der Waals surface area contributed by atoms with E-state index < -0.39 is 17.4 Å². The van der Waals surface area contributed by atoms with E-state index in [1.807, 2.05) is 20.8 Å². The lowest BCUT2D eigenvalue weighted by atomic mass is 10.0. The largest absolute Gasteiger partial charge is 0.465 e. The summed E-state index contributed by atoms with van der Waals surface area (Å²) in [6, 6.07) is -0.0366. The van der Waals surface area contributed by atoms with Crippen molar-refractivity contribution in [2.75, 3.05) is 6.54 Å². The second-order valence-electron chi connectivity index (χ2n) is 6.53. The minimum Gasteiger partial charge on any atom is -0.465 e. The molecule has 1 aliphatic heterocycles. The highest BCUT2D eigenvalue weighted by Gasteiger charge is 2.29. The molecule has 118 valence electrons. The Hall–Kier alpha value is -1.79. The van der Waals surface area contributed by atoms with Gasteiger partial charge < -0.3 is 10.0 Å². The van der Waals surface area contributed by atoms with Gasteiger partial charge in [-0.1, -0.05) is 11.6 Å². The normalized spacial score (nSPS) is 18.9. The predicted molar refractivity (Wildman–Crippen MR) is 76.5 cm³/mol. The van der Waals surface area contributed by atoms with Crippen LogP contribution in [-0.2, 0) is 6.42 Å². The van der Waals surface area contributed by atoms with E-state index in [9.17, 15) is 14.7 Å². The summed E-state index contributed by atoms with van der Waals surface area (Å²) in [4.78, 5) is 24.6. The van der Waals surface area contributed by atoms with Gasteiger partial charge in [-0.2, -0.15) is 0 Å². The van der Waals surface area contributed by atoms with Gasteiger partial charge in [-0.25, -0.2) is 9.59 Å². The molecular formula is C14H23N3O4. The van der Waals surface area contributed by atoms with Crippen LogP contribution in [0.2, 0.25) is 0 Å². The van der Waals surface area contributed by atoms with Crippen LogP contribution in [0.25, 0.3) is 0 Å². The molecule has 21 heavy (non-hydrogen) atoms. The van der Waals surface area contributed by atoms with E-state index >= 15 is 0 Å². The lowest BCUT2D eigenvalue weighted by molar-refractivity contribution is 0.0957. The number of carboxylic acid groups (broad SMARTS) is 1. The zero-order valence-electron chi connectivity index (χ0n) is 12.8. The Morgan fingerprint density at radius 2 is 2.19 bits per heavy atom. The van der Waals surface area contributed by atoms with Crippen LogP contribution >= 0.6 is 0 Å². The summed E-state index contributed by atoms with van der Waals surface area (Å²) in [5.41, 5.74) is -0.459. The van der Waals surface area contributed by atoms with E-state index in [-0.39, 0.29) is 6.04 Å². The summed E-state index contributed by atoms with van der Waals surface area (Å²) in [7, 11) is 0. The SMILES string of the molecule is CC(C)(C)N(CCC1CCCCc2noc(=O)n21)C(=O)O. The molecular weight excluding hydrogens is 274 g/mol. The van der Waals surface area contributed by atoms with Gasteiger partial charge in [0.15, 0.2) is 5.82 Å². The van der Waals surface area contributed by atoms with Crippen LogP contribution in [0.1, 0.15) is 58.3 Å². The summed E-state index contributed by atoms with van der Waals surface area (Å²) in [6.07, 6.45) is 3.24. The molecule has 0 radical (unpaired) electrons. The first kappa shape index (κ1) is 15.6. The topological polar surface area (TPSA) is 88.6 Å². The Kier molecular flexibility index (Phi) is 4.39. The van der Waals surface area contributed by atoms with Crippen molar-refractivity contribution in [2.24, 2.45) is 0 Å². The second-order valence-corrected chi connectivity index (χ2v) is 6.53. The maximum Gasteiger partial charge on any atom is 0.441 e. The average molecular weight is 297 g/mol. The second kappa shape index (κ2) is 5.91. The molecule has 1 aliphatic rings. The molecule has 1 amide bonds. The van der Waals surface area contributed by atoms with Gasteiger partial charge in [0.1, 0.15) is 0 Å².